The third kappa shape index (κ3) is 3.38. The highest BCUT2D eigenvalue weighted by atomic mass is 15.4. The SMILES string of the molecule is NC(=N[C@@H]1C[C@H]1c1ccc2ccccc2c1)N1CCN(c2ncccn2)CC1. The zero-order chi connectivity index (χ0) is 18.9. The lowest BCUT2D eigenvalue weighted by Gasteiger charge is -2.35. The zero-order valence-corrected chi connectivity index (χ0v) is 15.8. The van der Waals surface area contributed by atoms with Crippen LogP contribution in [0.2, 0.25) is 0 Å². The lowest BCUT2D eigenvalue weighted by atomic mass is 10.0. The van der Waals surface area contributed by atoms with Crippen molar-refractivity contribution in [2.45, 2.75) is 18.4 Å². The van der Waals surface area contributed by atoms with Crippen molar-refractivity contribution >= 4 is 22.7 Å². The molecule has 2 heterocycles. The number of nitrogens with zero attached hydrogens (tertiary/aromatic N) is 5. The van der Waals surface area contributed by atoms with Crippen LogP contribution in [0.3, 0.4) is 0 Å². The summed E-state index contributed by atoms with van der Waals surface area (Å²) in [6, 6.07) is 17.4. The first-order valence-corrected chi connectivity index (χ1v) is 9.87. The number of fused-ring (bicyclic) bond motifs is 1. The fourth-order valence-corrected chi connectivity index (χ4v) is 3.96. The van der Waals surface area contributed by atoms with Crippen LogP contribution in [0.15, 0.2) is 65.9 Å². The van der Waals surface area contributed by atoms with Gasteiger partial charge in [-0.2, -0.15) is 0 Å². The highest BCUT2D eigenvalue weighted by molar-refractivity contribution is 5.83. The van der Waals surface area contributed by atoms with Gasteiger partial charge in [-0.25, -0.2) is 15.0 Å². The van der Waals surface area contributed by atoms with Crippen LogP contribution in [0, 0.1) is 0 Å². The summed E-state index contributed by atoms with van der Waals surface area (Å²) >= 11 is 0. The van der Waals surface area contributed by atoms with Crippen LogP contribution in [-0.4, -0.2) is 53.0 Å². The maximum atomic E-state index is 6.33. The number of rotatable bonds is 3. The van der Waals surface area contributed by atoms with E-state index in [9.17, 15) is 0 Å². The number of anilines is 1. The molecule has 1 aliphatic heterocycles. The van der Waals surface area contributed by atoms with Gasteiger partial charge in [-0.15, -0.1) is 0 Å². The number of benzene rings is 2. The summed E-state index contributed by atoms with van der Waals surface area (Å²) in [4.78, 5) is 17.8. The average molecular weight is 372 g/mol. The van der Waals surface area contributed by atoms with Crippen LogP contribution >= 0.6 is 0 Å². The number of guanidine groups is 1. The van der Waals surface area contributed by atoms with E-state index in [1.54, 1.807) is 12.4 Å². The van der Waals surface area contributed by atoms with E-state index < -0.39 is 0 Å². The summed E-state index contributed by atoms with van der Waals surface area (Å²) < 4.78 is 0. The van der Waals surface area contributed by atoms with Crippen molar-refractivity contribution in [1.82, 2.24) is 14.9 Å². The van der Waals surface area contributed by atoms with Crippen LogP contribution in [0.4, 0.5) is 5.95 Å². The molecule has 1 saturated heterocycles. The summed E-state index contributed by atoms with van der Waals surface area (Å²) in [5.74, 6) is 1.94. The first-order valence-electron chi connectivity index (χ1n) is 9.87. The van der Waals surface area contributed by atoms with E-state index >= 15 is 0 Å². The fraction of sp³-hybridized carbons (Fsp3) is 0.318. The van der Waals surface area contributed by atoms with Gasteiger partial charge in [0.25, 0.3) is 0 Å². The largest absolute Gasteiger partial charge is 0.370 e. The maximum Gasteiger partial charge on any atom is 0.225 e. The molecule has 2 atom stereocenters. The van der Waals surface area contributed by atoms with Gasteiger partial charge < -0.3 is 15.5 Å². The molecule has 1 aromatic heterocycles. The van der Waals surface area contributed by atoms with Gasteiger partial charge in [0, 0.05) is 44.5 Å². The minimum absolute atomic E-state index is 0.302. The van der Waals surface area contributed by atoms with E-state index in [4.69, 9.17) is 10.7 Å². The minimum Gasteiger partial charge on any atom is -0.370 e. The second-order valence-electron chi connectivity index (χ2n) is 7.53. The molecule has 0 spiro atoms. The van der Waals surface area contributed by atoms with Crippen molar-refractivity contribution in [2.75, 3.05) is 31.1 Å². The summed E-state index contributed by atoms with van der Waals surface area (Å²) in [5, 5.41) is 2.58. The van der Waals surface area contributed by atoms with Crippen molar-refractivity contribution in [3.05, 3.63) is 66.5 Å². The second-order valence-corrected chi connectivity index (χ2v) is 7.53. The van der Waals surface area contributed by atoms with Crippen LogP contribution in [0.1, 0.15) is 17.9 Å². The molecule has 3 aromatic rings. The van der Waals surface area contributed by atoms with Gasteiger partial charge in [0.1, 0.15) is 0 Å². The molecule has 5 rings (SSSR count). The number of aliphatic imine (C=N–C) groups is 1. The molecule has 0 bridgehead atoms. The van der Waals surface area contributed by atoms with Gasteiger partial charge in [-0.1, -0.05) is 42.5 Å². The number of hydrogen-bond acceptors (Lipinski definition) is 4. The maximum absolute atomic E-state index is 6.33. The fourth-order valence-electron chi connectivity index (χ4n) is 3.96. The molecule has 6 heteroatoms. The predicted octanol–water partition coefficient (Wildman–Crippen LogP) is 2.62. The van der Waals surface area contributed by atoms with E-state index in [0.29, 0.717) is 17.9 Å². The minimum atomic E-state index is 0.302. The Morgan fingerprint density at radius 1 is 0.929 bits per heavy atom. The van der Waals surface area contributed by atoms with Crippen LogP contribution in [-0.2, 0) is 0 Å². The molecule has 28 heavy (non-hydrogen) atoms. The Bertz CT molecular complexity index is 994. The third-order valence-electron chi connectivity index (χ3n) is 5.70. The first-order chi connectivity index (χ1) is 13.8. The van der Waals surface area contributed by atoms with Gasteiger partial charge >= 0.3 is 0 Å². The molecule has 2 N–H and O–H groups in total. The summed E-state index contributed by atoms with van der Waals surface area (Å²) in [6.07, 6.45) is 4.64. The molecular formula is C22H24N6. The Morgan fingerprint density at radius 2 is 1.68 bits per heavy atom. The molecule has 6 nitrogen and oxygen atoms in total. The standard InChI is InChI=1S/C22H24N6/c23-21(27-10-12-28(13-11-27)22-24-8-3-9-25-22)26-20-15-19(20)18-7-6-16-4-1-2-5-17(16)14-18/h1-9,14,19-20H,10-13,15H2,(H2,23,26)/t19-,20+/m0/s1. The Labute approximate surface area is 164 Å². The zero-order valence-electron chi connectivity index (χ0n) is 15.8. The van der Waals surface area contributed by atoms with Gasteiger partial charge in [0.15, 0.2) is 5.96 Å². The predicted molar refractivity (Wildman–Crippen MR) is 113 cm³/mol. The molecule has 2 aromatic carbocycles. The van der Waals surface area contributed by atoms with Crippen LogP contribution in [0.25, 0.3) is 10.8 Å². The normalized spacial score (nSPS) is 22.5. The Balaban J connectivity index is 1.21. The lowest BCUT2D eigenvalue weighted by Crippen LogP contribution is -2.51. The summed E-state index contributed by atoms with van der Waals surface area (Å²) in [6.45, 7) is 3.42. The van der Waals surface area contributed by atoms with Crippen molar-refractivity contribution in [1.29, 1.82) is 0 Å². The van der Waals surface area contributed by atoms with Gasteiger partial charge in [-0.05, 0) is 28.8 Å². The Morgan fingerprint density at radius 3 is 2.46 bits per heavy atom. The topological polar surface area (TPSA) is 70.6 Å². The lowest BCUT2D eigenvalue weighted by molar-refractivity contribution is 0.378. The second kappa shape index (κ2) is 7.11. The molecule has 0 radical (unpaired) electrons. The molecule has 2 aliphatic rings. The molecular weight excluding hydrogens is 348 g/mol. The van der Waals surface area contributed by atoms with Gasteiger partial charge in [0.05, 0.1) is 6.04 Å². The van der Waals surface area contributed by atoms with Crippen LogP contribution < -0.4 is 10.6 Å². The van der Waals surface area contributed by atoms with E-state index in [1.165, 1.54) is 16.3 Å². The number of hydrogen-bond donors (Lipinski definition) is 1. The quantitative estimate of drug-likeness (QED) is 0.565. The van der Waals surface area contributed by atoms with Crippen molar-refractivity contribution in [2.24, 2.45) is 10.7 Å². The summed E-state index contributed by atoms with van der Waals surface area (Å²) in [5.41, 5.74) is 7.70. The molecule has 2 fully saturated rings. The van der Waals surface area contributed by atoms with E-state index in [0.717, 1.165) is 38.5 Å². The highest BCUT2D eigenvalue weighted by Crippen LogP contribution is 2.44. The van der Waals surface area contributed by atoms with Crippen LogP contribution in [0.5, 0.6) is 0 Å². The average Bonchev–Trinajstić information content (AvgIpc) is 3.53. The van der Waals surface area contributed by atoms with E-state index in [2.05, 4.69) is 62.2 Å². The molecule has 1 saturated carbocycles. The molecule has 1 aliphatic carbocycles. The molecule has 0 unspecified atom stereocenters. The molecule has 0 amide bonds. The monoisotopic (exact) mass is 372 g/mol. The Kier molecular flexibility index (Phi) is 4.31. The number of nitrogens with two attached hydrogens (primary N) is 1. The van der Waals surface area contributed by atoms with Gasteiger partial charge in [-0.3, -0.25) is 0 Å². The highest BCUT2D eigenvalue weighted by Gasteiger charge is 2.39. The first kappa shape index (κ1) is 17.0. The van der Waals surface area contributed by atoms with Crippen molar-refractivity contribution in [3.8, 4) is 0 Å². The smallest absolute Gasteiger partial charge is 0.225 e. The van der Waals surface area contributed by atoms with E-state index in [-0.39, 0.29) is 0 Å². The third-order valence-corrected chi connectivity index (χ3v) is 5.70. The Hall–Kier alpha value is -3.15. The van der Waals surface area contributed by atoms with Gasteiger partial charge in [0.2, 0.25) is 5.95 Å². The number of aromatic nitrogens is 2. The molecule has 142 valence electrons. The summed E-state index contributed by atoms with van der Waals surface area (Å²) in [7, 11) is 0. The van der Waals surface area contributed by atoms with Crippen molar-refractivity contribution in [3.63, 3.8) is 0 Å². The van der Waals surface area contributed by atoms with E-state index in [1.807, 2.05) is 6.07 Å². The van der Waals surface area contributed by atoms with Crippen molar-refractivity contribution < 1.29 is 0 Å². The number of piperazine rings is 1.